The third kappa shape index (κ3) is 5.87. The van der Waals surface area contributed by atoms with Gasteiger partial charge in [0.25, 0.3) is 0 Å². The summed E-state index contributed by atoms with van der Waals surface area (Å²) in [5, 5.41) is 5.54. The lowest BCUT2D eigenvalue weighted by Crippen LogP contribution is -2.31. The Morgan fingerprint density at radius 3 is 2.28 bits per heavy atom. The summed E-state index contributed by atoms with van der Waals surface area (Å²) >= 11 is 0. The molecule has 1 amide bonds. The first kappa shape index (κ1) is 18.4. The first-order chi connectivity index (χ1) is 11.8. The van der Waals surface area contributed by atoms with Crippen molar-refractivity contribution in [1.29, 1.82) is 0 Å². The zero-order valence-corrected chi connectivity index (χ0v) is 13.4. The number of methoxy groups -OCH3 is 1. The first-order valence-electron chi connectivity index (χ1n) is 7.20. The lowest BCUT2D eigenvalue weighted by Gasteiger charge is -2.15. The average molecular weight is 355 g/mol. The molecule has 1 aromatic heterocycles. The second kappa shape index (κ2) is 7.73. The fourth-order valence-electron chi connectivity index (χ4n) is 1.89. The molecule has 0 spiro atoms. The van der Waals surface area contributed by atoms with Crippen molar-refractivity contribution in [3.05, 3.63) is 42.6 Å². The van der Waals surface area contributed by atoms with E-state index in [1.54, 1.807) is 19.1 Å². The largest absolute Gasteiger partial charge is 0.573 e. The number of pyridine rings is 1. The van der Waals surface area contributed by atoms with E-state index in [0.29, 0.717) is 17.3 Å². The molecule has 0 fully saturated rings. The summed E-state index contributed by atoms with van der Waals surface area (Å²) in [6, 6.07) is 7.64. The highest BCUT2D eigenvalue weighted by atomic mass is 19.4. The van der Waals surface area contributed by atoms with Crippen LogP contribution in [0.15, 0.2) is 42.6 Å². The Morgan fingerprint density at radius 2 is 1.76 bits per heavy atom. The number of hydrogen-bond acceptors (Lipinski definition) is 5. The van der Waals surface area contributed by atoms with E-state index in [0.717, 1.165) is 12.1 Å². The van der Waals surface area contributed by atoms with Crippen LogP contribution in [0.5, 0.6) is 11.6 Å². The van der Waals surface area contributed by atoms with E-state index in [-0.39, 0.29) is 11.7 Å². The Hall–Kier alpha value is -2.97. The summed E-state index contributed by atoms with van der Waals surface area (Å²) in [5.41, 5.74) is 0.971. The highest BCUT2D eigenvalue weighted by Gasteiger charge is 2.31. The second-order valence-corrected chi connectivity index (χ2v) is 5.02. The van der Waals surface area contributed by atoms with E-state index < -0.39 is 12.4 Å². The van der Waals surface area contributed by atoms with Crippen molar-refractivity contribution >= 4 is 17.3 Å². The normalized spacial score (nSPS) is 12.2. The summed E-state index contributed by atoms with van der Waals surface area (Å²) in [5.74, 6) is -0.273. The summed E-state index contributed by atoms with van der Waals surface area (Å²) in [6.07, 6.45) is -3.23. The van der Waals surface area contributed by atoms with E-state index in [9.17, 15) is 18.0 Å². The van der Waals surface area contributed by atoms with Crippen molar-refractivity contribution in [2.45, 2.75) is 19.3 Å². The Bertz CT molecular complexity index is 703. The number of carbonyl (C=O) groups excluding carboxylic acids is 1. The number of rotatable bonds is 6. The Balaban J connectivity index is 1.91. The third-order valence-electron chi connectivity index (χ3n) is 3.08. The van der Waals surface area contributed by atoms with Gasteiger partial charge in [-0.2, -0.15) is 0 Å². The zero-order valence-electron chi connectivity index (χ0n) is 13.4. The third-order valence-corrected chi connectivity index (χ3v) is 3.08. The molecule has 1 aromatic carbocycles. The number of amides is 1. The van der Waals surface area contributed by atoms with Crippen molar-refractivity contribution < 1.29 is 27.4 Å². The number of anilines is 2. The highest BCUT2D eigenvalue weighted by Crippen LogP contribution is 2.24. The van der Waals surface area contributed by atoms with Crippen molar-refractivity contribution in [2.75, 3.05) is 17.7 Å². The lowest BCUT2D eigenvalue weighted by molar-refractivity contribution is -0.274. The van der Waals surface area contributed by atoms with Gasteiger partial charge in [0.2, 0.25) is 11.8 Å². The summed E-state index contributed by atoms with van der Waals surface area (Å²) in [4.78, 5) is 16.1. The Kier molecular flexibility index (Phi) is 5.68. The fraction of sp³-hybridized carbons (Fsp3) is 0.250. The van der Waals surface area contributed by atoms with Crippen molar-refractivity contribution in [1.82, 2.24) is 4.98 Å². The highest BCUT2D eigenvalue weighted by molar-refractivity contribution is 5.96. The predicted octanol–water partition coefficient (Wildman–Crippen LogP) is 3.43. The molecule has 0 bridgehead atoms. The quantitative estimate of drug-likeness (QED) is 0.831. The van der Waals surface area contributed by atoms with E-state index in [1.165, 1.54) is 25.4 Å². The number of aromatic nitrogens is 1. The summed E-state index contributed by atoms with van der Waals surface area (Å²) in [6.45, 7) is 1.64. The molecule has 9 heteroatoms. The monoisotopic (exact) mass is 355 g/mol. The fourth-order valence-corrected chi connectivity index (χ4v) is 1.89. The van der Waals surface area contributed by atoms with Crippen molar-refractivity contribution in [3.63, 3.8) is 0 Å². The van der Waals surface area contributed by atoms with Gasteiger partial charge in [-0.1, -0.05) is 0 Å². The molecule has 134 valence electrons. The van der Waals surface area contributed by atoms with Gasteiger partial charge in [0.05, 0.1) is 19.0 Å². The maximum atomic E-state index is 12.1. The van der Waals surface area contributed by atoms with Gasteiger partial charge >= 0.3 is 6.36 Å². The van der Waals surface area contributed by atoms with Crippen LogP contribution in [-0.4, -0.2) is 30.4 Å². The van der Waals surface area contributed by atoms with Crippen LogP contribution >= 0.6 is 0 Å². The smallest absolute Gasteiger partial charge is 0.481 e. The number of hydrogen-bond donors (Lipinski definition) is 2. The van der Waals surface area contributed by atoms with E-state index in [2.05, 4.69) is 20.4 Å². The predicted molar refractivity (Wildman–Crippen MR) is 85.6 cm³/mol. The maximum absolute atomic E-state index is 12.1. The Labute approximate surface area is 142 Å². The molecule has 1 heterocycles. The van der Waals surface area contributed by atoms with Gasteiger partial charge in [-0.15, -0.1) is 13.2 Å². The average Bonchev–Trinajstić information content (AvgIpc) is 2.56. The number of nitrogens with zero attached hydrogens (tertiary/aromatic N) is 1. The standard InChI is InChI=1S/C16H16F3N3O3/c1-10(21-12-5-8-14(24-2)20-9-12)15(23)22-11-3-6-13(7-4-11)25-16(17,18)19/h3-10,21H,1-2H3,(H,22,23)/t10-/m1/s1. The van der Waals surface area contributed by atoms with Crippen LogP contribution in [0.3, 0.4) is 0 Å². The molecule has 0 radical (unpaired) electrons. The van der Waals surface area contributed by atoms with Crippen LogP contribution in [0.4, 0.5) is 24.5 Å². The van der Waals surface area contributed by atoms with E-state index in [1.807, 2.05) is 0 Å². The van der Waals surface area contributed by atoms with Crippen LogP contribution in [0.1, 0.15) is 6.92 Å². The summed E-state index contributed by atoms with van der Waals surface area (Å²) < 4.78 is 45.0. The van der Waals surface area contributed by atoms with Crippen LogP contribution in [0.25, 0.3) is 0 Å². The van der Waals surface area contributed by atoms with Crippen molar-refractivity contribution in [2.24, 2.45) is 0 Å². The van der Waals surface area contributed by atoms with Gasteiger partial charge < -0.3 is 20.1 Å². The molecule has 0 unspecified atom stereocenters. The number of halogens is 3. The minimum atomic E-state index is -4.75. The van der Waals surface area contributed by atoms with Gasteiger partial charge in [0.1, 0.15) is 11.8 Å². The first-order valence-corrected chi connectivity index (χ1v) is 7.20. The number of nitrogens with one attached hydrogen (secondary N) is 2. The molecule has 0 saturated heterocycles. The molecule has 2 rings (SSSR count). The number of alkyl halides is 3. The zero-order chi connectivity index (χ0) is 18.4. The van der Waals surface area contributed by atoms with Gasteiger partial charge in [0.15, 0.2) is 0 Å². The van der Waals surface area contributed by atoms with E-state index in [4.69, 9.17) is 4.74 Å². The number of carbonyl (C=O) groups is 1. The molecular weight excluding hydrogens is 339 g/mol. The lowest BCUT2D eigenvalue weighted by atomic mass is 10.2. The van der Waals surface area contributed by atoms with Crippen LogP contribution in [0.2, 0.25) is 0 Å². The SMILES string of the molecule is COc1ccc(N[C@H](C)C(=O)Nc2ccc(OC(F)(F)F)cc2)cn1. The molecule has 0 aliphatic rings. The van der Waals surface area contributed by atoms with Gasteiger partial charge in [-0.05, 0) is 37.3 Å². The van der Waals surface area contributed by atoms with Crippen LogP contribution in [0, 0.1) is 0 Å². The molecule has 1 atom stereocenters. The van der Waals surface area contributed by atoms with E-state index >= 15 is 0 Å². The van der Waals surface area contributed by atoms with Crippen LogP contribution in [-0.2, 0) is 4.79 Å². The van der Waals surface area contributed by atoms with Gasteiger partial charge in [-0.3, -0.25) is 4.79 Å². The molecule has 0 aliphatic carbocycles. The van der Waals surface area contributed by atoms with Gasteiger partial charge in [0, 0.05) is 11.8 Å². The maximum Gasteiger partial charge on any atom is 0.573 e. The minimum absolute atomic E-state index is 0.348. The van der Waals surface area contributed by atoms with Crippen molar-refractivity contribution in [3.8, 4) is 11.6 Å². The molecule has 25 heavy (non-hydrogen) atoms. The number of benzene rings is 1. The molecule has 6 nitrogen and oxygen atoms in total. The second-order valence-electron chi connectivity index (χ2n) is 5.02. The molecular formula is C16H16F3N3O3. The molecule has 0 saturated carbocycles. The topological polar surface area (TPSA) is 72.5 Å². The summed E-state index contributed by atoms with van der Waals surface area (Å²) in [7, 11) is 1.50. The molecule has 2 aromatic rings. The molecule has 0 aliphatic heterocycles. The van der Waals surface area contributed by atoms with Gasteiger partial charge in [-0.25, -0.2) is 4.98 Å². The Morgan fingerprint density at radius 1 is 1.12 bits per heavy atom. The molecule has 2 N–H and O–H groups in total. The van der Waals surface area contributed by atoms with Crippen LogP contribution < -0.4 is 20.1 Å². The number of ether oxygens (including phenoxy) is 2. The minimum Gasteiger partial charge on any atom is -0.481 e.